The number of ether oxygens (including phenoxy) is 2. The summed E-state index contributed by atoms with van der Waals surface area (Å²) in [7, 11) is 1.62. The molecular weight excluding hydrogens is 322 g/mol. The average Bonchev–Trinajstić information content (AvgIpc) is 3.28. The number of furan rings is 1. The fourth-order valence-corrected chi connectivity index (χ4v) is 3.16. The van der Waals surface area contributed by atoms with Crippen molar-refractivity contribution in [1.82, 2.24) is 14.9 Å². The second-order valence-corrected chi connectivity index (χ2v) is 5.87. The Hall–Kier alpha value is -2.96. The van der Waals surface area contributed by atoms with E-state index in [9.17, 15) is 4.79 Å². The molecule has 3 aromatic heterocycles. The predicted molar refractivity (Wildman–Crippen MR) is 91.1 cm³/mol. The number of pyridine rings is 1. The Balaban J connectivity index is 1.60. The van der Waals surface area contributed by atoms with E-state index in [2.05, 4.69) is 14.9 Å². The van der Waals surface area contributed by atoms with Gasteiger partial charge in [0.2, 0.25) is 0 Å². The first-order valence-electron chi connectivity index (χ1n) is 8.27. The van der Waals surface area contributed by atoms with Crippen molar-refractivity contribution >= 4 is 16.9 Å². The Kier molecular flexibility index (Phi) is 4.05. The second kappa shape index (κ2) is 6.51. The molecule has 3 aromatic rings. The molecule has 0 spiro atoms. The van der Waals surface area contributed by atoms with E-state index in [-0.39, 0.29) is 5.91 Å². The number of hydrogen-bond donors (Lipinski definition) is 1. The Morgan fingerprint density at radius 3 is 3.20 bits per heavy atom. The number of hydrogen-bond acceptors (Lipinski definition) is 5. The summed E-state index contributed by atoms with van der Waals surface area (Å²) >= 11 is 0. The summed E-state index contributed by atoms with van der Waals surface area (Å²) in [5, 5.41) is 3.88. The van der Waals surface area contributed by atoms with Crippen LogP contribution in [0.5, 0.6) is 11.6 Å². The molecule has 0 aliphatic carbocycles. The largest absolute Gasteiger partial charge is 0.495 e. The van der Waals surface area contributed by atoms with Crippen molar-refractivity contribution in [3.05, 3.63) is 42.0 Å². The highest BCUT2D eigenvalue weighted by molar-refractivity contribution is 5.91. The first-order chi connectivity index (χ1) is 12.3. The minimum atomic E-state index is -0.223. The molecule has 7 nitrogen and oxygen atoms in total. The van der Waals surface area contributed by atoms with E-state index in [1.165, 1.54) is 6.26 Å². The van der Waals surface area contributed by atoms with Gasteiger partial charge in [0.05, 0.1) is 26.2 Å². The maximum Gasteiger partial charge on any atom is 0.286 e. The van der Waals surface area contributed by atoms with Crippen molar-refractivity contribution in [2.75, 3.05) is 20.3 Å². The molecule has 1 amide bonds. The monoisotopic (exact) mass is 341 g/mol. The number of amides is 1. The summed E-state index contributed by atoms with van der Waals surface area (Å²) in [5.41, 5.74) is 1.93. The zero-order valence-corrected chi connectivity index (χ0v) is 13.9. The Morgan fingerprint density at radius 2 is 2.40 bits per heavy atom. The topological polar surface area (TPSA) is 78.5 Å². The van der Waals surface area contributed by atoms with E-state index >= 15 is 0 Å². The quantitative estimate of drug-likeness (QED) is 0.771. The molecule has 7 heteroatoms. The van der Waals surface area contributed by atoms with Gasteiger partial charge in [-0.2, -0.15) is 0 Å². The lowest BCUT2D eigenvalue weighted by Gasteiger charge is -2.18. The van der Waals surface area contributed by atoms with Crippen LogP contribution >= 0.6 is 0 Å². The lowest BCUT2D eigenvalue weighted by Crippen LogP contribution is -2.25. The number of fused-ring (bicyclic) bond motifs is 3. The van der Waals surface area contributed by atoms with Gasteiger partial charge in [-0.1, -0.05) is 0 Å². The number of rotatable bonds is 5. The van der Waals surface area contributed by atoms with Crippen LogP contribution < -0.4 is 14.8 Å². The standard InChI is InChI=1S/C18H19N3O4/c1-23-12-10-14-13(5-6-19-17(22)15-4-2-8-24-15)18-21(7-3-9-25-18)16(14)20-11-12/h2,4,8,10-11H,3,5-7,9H2,1H3,(H,19,22). The van der Waals surface area contributed by atoms with Crippen LogP contribution in [-0.2, 0) is 13.0 Å². The third-order valence-corrected chi connectivity index (χ3v) is 4.33. The number of aryl methyl sites for hydroxylation is 1. The van der Waals surface area contributed by atoms with Gasteiger partial charge in [0.25, 0.3) is 5.91 Å². The van der Waals surface area contributed by atoms with Crippen LogP contribution in [0.3, 0.4) is 0 Å². The maximum absolute atomic E-state index is 12.0. The summed E-state index contributed by atoms with van der Waals surface area (Å²) in [6.07, 6.45) is 4.80. The number of carbonyl (C=O) groups is 1. The fourth-order valence-electron chi connectivity index (χ4n) is 3.16. The lowest BCUT2D eigenvalue weighted by atomic mass is 10.1. The minimum Gasteiger partial charge on any atom is -0.495 e. The van der Waals surface area contributed by atoms with E-state index in [1.807, 2.05) is 6.07 Å². The first kappa shape index (κ1) is 15.6. The van der Waals surface area contributed by atoms with Crippen LogP contribution in [0, 0.1) is 0 Å². The molecule has 0 saturated heterocycles. The third kappa shape index (κ3) is 2.82. The molecule has 1 N–H and O–H groups in total. The van der Waals surface area contributed by atoms with E-state index in [1.54, 1.807) is 25.4 Å². The molecule has 4 rings (SSSR count). The molecule has 1 aliphatic rings. The van der Waals surface area contributed by atoms with Crippen molar-refractivity contribution in [2.45, 2.75) is 19.4 Å². The van der Waals surface area contributed by atoms with Crippen molar-refractivity contribution < 1.29 is 18.7 Å². The van der Waals surface area contributed by atoms with E-state index < -0.39 is 0 Å². The smallest absolute Gasteiger partial charge is 0.286 e. The van der Waals surface area contributed by atoms with E-state index in [0.717, 1.165) is 35.4 Å². The number of aromatic nitrogens is 2. The highest BCUT2D eigenvalue weighted by Crippen LogP contribution is 2.35. The zero-order chi connectivity index (χ0) is 17.2. The van der Waals surface area contributed by atoms with Crippen LogP contribution in [-0.4, -0.2) is 35.7 Å². The van der Waals surface area contributed by atoms with Gasteiger partial charge in [-0.15, -0.1) is 0 Å². The normalized spacial score (nSPS) is 13.3. The molecule has 0 atom stereocenters. The van der Waals surface area contributed by atoms with Crippen molar-refractivity contribution in [1.29, 1.82) is 0 Å². The molecule has 0 aromatic carbocycles. The van der Waals surface area contributed by atoms with Crippen molar-refractivity contribution in [3.63, 3.8) is 0 Å². The SMILES string of the molecule is COc1cnc2c(c1)c(CCNC(=O)c1ccco1)c1n2CCCO1. The average molecular weight is 341 g/mol. The highest BCUT2D eigenvalue weighted by atomic mass is 16.5. The van der Waals surface area contributed by atoms with Gasteiger partial charge in [0.15, 0.2) is 11.6 Å². The first-order valence-corrected chi connectivity index (χ1v) is 8.27. The molecule has 0 radical (unpaired) electrons. The van der Waals surface area contributed by atoms with Gasteiger partial charge in [-0.05, 0) is 31.0 Å². The maximum atomic E-state index is 12.0. The predicted octanol–water partition coefficient (Wildman–Crippen LogP) is 2.39. The van der Waals surface area contributed by atoms with Gasteiger partial charge in [-0.25, -0.2) is 4.98 Å². The number of nitrogens with zero attached hydrogens (tertiary/aromatic N) is 2. The summed E-state index contributed by atoms with van der Waals surface area (Å²) < 4.78 is 18.4. The van der Waals surface area contributed by atoms with Crippen LogP contribution in [0.1, 0.15) is 22.5 Å². The molecule has 0 saturated carbocycles. The third-order valence-electron chi connectivity index (χ3n) is 4.33. The number of methoxy groups -OCH3 is 1. The van der Waals surface area contributed by atoms with Crippen molar-refractivity contribution in [3.8, 4) is 11.6 Å². The second-order valence-electron chi connectivity index (χ2n) is 5.87. The molecule has 4 heterocycles. The molecular formula is C18H19N3O4. The molecule has 25 heavy (non-hydrogen) atoms. The van der Waals surface area contributed by atoms with Gasteiger partial charge in [0, 0.05) is 24.0 Å². The Bertz CT molecular complexity index is 899. The van der Waals surface area contributed by atoms with E-state index in [4.69, 9.17) is 13.9 Å². The van der Waals surface area contributed by atoms with Crippen molar-refractivity contribution in [2.24, 2.45) is 0 Å². The van der Waals surface area contributed by atoms with Gasteiger partial charge >= 0.3 is 0 Å². The van der Waals surface area contributed by atoms with Crippen LogP contribution in [0.15, 0.2) is 35.1 Å². The van der Waals surface area contributed by atoms with Gasteiger partial charge in [0.1, 0.15) is 11.4 Å². The molecule has 0 fully saturated rings. The zero-order valence-electron chi connectivity index (χ0n) is 13.9. The fraction of sp³-hybridized carbons (Fsp3) is 0.333. The summed E-state index contributed by atoms with van der Waals surface area (Å²) in [6.45, 7) is 2.05. The van der Waals surface area contributed by atoms with E-state index in [0.29, 0.717) is 31.1 Å². The molecule has 0 unspecified atom stereocenters. The van der Waals surface area contributed by atoms with Gasteiger partial charge in [-0.3, -0.25) is 9.36 Å². The number of nitrogens with one attached hydrogen (secondary N) is 1. The number of carbonyl (C=O) groups excluding carboxylic acids is 1. The van der Waals surface area contributed by atoms with Crippen LogP contribution in [0.2, 0.25) is 0 Å². The molecule has 1 aliphatic heterocycles. The van der Waals surface area contributed by atoms with Gasteiger partial charge < -0.3 is 19.2 Å². The summed E-state index contributed by atoms with van der Waals surface area (Å²) in [4.78, 5) is 16.5. The Morgan fingerprint density at radius 1 is 1.48 bits per heavy atom. The molecule has 0 bridgehead atoms. The minimum absolute atomic E-state index is 0.223. The molecule has 130 valence electrons. The van der Waals surface area contributed by atoms with Crippen LogP contribution in [0.4, 0.5) is 0 Å². The Labute approximate surface area is 144 Å². The highest BCUT2D eigenvalue weighted by Gasteiger charge is 2.22. The lowest BCUT2D eigenvalue weighted by molar-refractivity contribution is 0.0926. The summed E-state index contributed by atoms with van der Waals surface area (Å²) in [5.74, 6) is 1.63. The van der Waals surface area contributed by atoms with Crippen LogP contribution in [0.25, 0.3) is 11.0 Å². The summed E-state index contributed by atoms with van der Waals surface area (Å²) in [6, 6.07) is 5.31.